The van der Waals surface area contributed by atoms with Crippen molar-refractivity contribution in [1.82, 2.24) is 0 Å². The van der Waals surface area contributed by atoms with Crippen molar-refractivity contribution in [3.63, 3.8) is 0 Å². The van der Waals surface area contributed by atoms with Gasteiger partial charge in [0.1, 0.15) is 13.1 Å². The predicted octanol–water partition coefficient (Wildman–Crippen LogP) is 3.37. The Bertz CT molecular complexity index is 803. The van der Waals surface area contributed by atoms with E-state index in [-0.39, 0.29) is 11.5 Å². The van der Waals surface area contributed by atoms with Crippen LogP contribution in [-0.4, -0.2) is 34.8 Å². The molecule has 2 aromatic rings. The third-order valence-corrected chi connectivity index (χ3v) is 5.11. The van der Waals surface area contributed by atoms with Crippen molar-refractivity contribution in [1.29, 1.82) is 0 Å². The van der Waals surface area contributed by atoms with Crippen LogP contribution in [0.15, 0.2) is 48.5 Å². The van der Waals surface area contributed by atoms with E-state index >= 15 is 0 Å². The minimum atomic E-state index is -0.465. The van der Waals surface area contributed by atoms with Gasteiger partial charge in [-0.05, 0) is 12.5 Å². The predicted molar refractivity (Wildman–Crippen MR) is 91.8 cm³/mol. The van der Waals surface area contributed by atoms with Crippen molar-refractivity contribution in [3.05, 3.63) is 75.3 Å². The molecule has 0 radical (unpaired) electrons. The molecule has 2 aromatic carbocycles. The van der Waals surface area contributed by atoms with Gasteiger partial charge in [-0.1, -0.05) is 36.4 Å². The average Bonchev–Trinajstić information content (AvgIpc) is 2.56. The number of hydrogen-bond donors (Lipinski definition) is 0. The summed E-state index contributed by atoms with van der Waals surface area (Å²) in [5.41, 5.74) is 3.00. The van der Waals surface area contributed by atoms with Crippen LogP contribution >= 0.6 is 0 Å². The lowest BCUT2D eigenvalue weighted by Gasteiger charge is -2.43. The first-order valence-electron chi connectivity index (χ1n) is 8.08. The van der Waals surface area contributed by atoms with Crippen molar-refractivity contribution >= 4 is 11.5 Å². The molecule has 124 valence electrons. The van der Waals surface area contributed by atoms with Gasteiger partial charge in [0.15, 0.2) is 0 Å². The maximum Gasteiger partial charge on any atom is 0.270 e. The van der Waals surface area contributed by atoms with Gasteiger partial charge < -0.3 is 4.48 Å². The number of nitro benzene ring substituents is 1. The summed E-state index contributed by atoms with van der Waals surface area (Å²) in [7, 11) is 2.09. The number of nitro groups is 1. The number of carbonyl (C=O) groups excluding carboxylic acids is 1. The van der Waals surface area contributed by atoms with E-state index in [0.29, 0.717) is 22.6 Å². The zero-order valence-electron chi connectivity index (χ0n) is 13.9. The summed E-state index contributed by atoms with van der Waals surface area (Å²) in [6, 6.07) is 14.7. The first-order chi connectivity index (χ1) is 11.4. The number of ketones is 1. The largest absolute Gasteiger partial charge is 0.313 e. The Hall–Kier alpha value is -2.53. The van der Waals surface area contributed by atoms with Gasteiger partial charge in [0.2, 0.25) is 5.78 Å². The van der Waals surface area contributed by atoms with E-state index in [1.807, 2.05) is 6.07 Å². The summed E-state index contributed by atoms with van der Waals surface area (Å²) in [5, 5.41) is 10.9. The molecule has 0 aliphatic carbocycles. The maximum absolute atomic E-state index is 12.7. The molecule has 3 rings (SSSR count). The standard InChI is InChI=1S/C19H21N2O3/c1-14-10-15-6-3-4-7-17(15)12-21(14,2)13-19(22)16-8-5-9-18(11-16)20(23)24/h3-9,11,14H,10,12-13H2,1-2H3/q+1/t14-,21+/m0/s1. The normalized spacial score (nSPS) is 22.7. The third-order valence-electron chi connectivity index (χ3n) is 5.11. The molecule has 0 unspecified atom stereocenters. The van der Waals surface area contributed by atoms with Crippen molar-refractivity contribution in [3.8, 4) is 0 Å². The van der Waals surface area contributed by atoms with Crippen LogP contribution in [0.4, 0.5) is 5.69 Å². The molecule has 1 aliphatic rings. The highest BCUT2D eigenvalue weighted by molar-refractivity contribution is 5.97. The molecular weight excluding hydrogens is 304 g/mol. The molecule has 2 atom stereocenters. The highest BCUT2D eigenvalue weighted by atomic mass is 16.6. The number of fused-ring (bicyclic) bond motifs is 1. The summed E-state index contributed by atoms with van der Waals surface area (Å²) in [6.45, 7) is 3.31. The lowest BCUT2D eigenvalue weighted by Crippen LogP contribution is -2.56. The summed E-state index contributed by atoms with van der Waals surface area (Å²) < 4.78 is 0.624. The van der Waals surface area contributed by atoms with E-state index in [1.54, 1.807) is 12.1 Å². The Kier molecular flexibility index (Phi) is 4.20. The topological polar surface area (TPSA) is 60.2 Å². The number of Topliss-reactive ketones (excluding diaryl/α,β-unsaturated/α-hetero) is 1. The van der Waals surface area contributed by atoms with Crippen molar-refractivity contribution in [2.24, 2.45) is 0 Å². The monoisotopic (exact) mass is 325 g/mol. The number of likely N-dealkylation sites (N-methyl/N-ethyl adjacent to an activating group) is 1. The van der Waals surface area contributed by atoms with Crippen LogP contribution in [0.5, 0.6) is 0 Å². The number of quaternary nitrogens is 1. The lowest BCUT2D eigenvalue weighted by atomic mass is 9.92. The van der Waals surface area contributed by atoms with Gasteiger partial charge in [-0.25, -0.2) is 0 Å². The Morgan fingerprint density at radius 1 is 1.21 bits per heavy atom. The van der Waals surface area contributed by atoms with Gasteiger partial charge in [0.25, 0.3) is 5.69 Å². The lowest BCUT2D eigenvalue weighted by molar-refractivity contribution is -0.938. The first-order valence-corrected chi connectivity index (χ1v) is 8.08. The van der Waals surface area contributed by atoms with Crippen molar-refractivity contribution in [2.45, 2.75) is 25.9 Å². The Morgan fingerprint density at radius 3 is 2.62 bits per heavy atom. The van der Waals surface area contributed by atoms with Crippen LogP contribution in [0.3, 0.4) is 0 Å². The molecular formula is C19H21N2O3+. The number of rotatable bonds is 4. The first kappa shape index (κ1) is 16.3. The fourth-order valence-corrected chi connectivity index (χ4v) is 3.42. The molecule has 1 aliphatic heterocycles. The number of carbonyl (C=O) groups is 1. The van der Waals surface area contributed by atoms with E-state index < -0.39 is 4.92 Å². The van der Waals surface area contributed by atoms with E-state index in [4.69, 9.17) is 0 Å². The molecule has 0 aromatic heterocycles. The summed E-state index contributed by atoms with van der Waals surface area (Å²) in [5.74, 6) is -0.0487. The number of hydrogen-bond acceptors (Lipinski definition) is 3. The molecule has 0 saturated carbocycles. The highest BCUT2D eigenvalue weighted by Crippen LogP contribution is 2.29. The minimum absolute atomic E-state index is 0.0412. The second-order valence-electron chi connectivity index (χ2n) is 6.85. The molecule has 0 spiro atoms. The van der Waals surface area contributed by atoms with Gasteiger partial charge in [0.05, 0.1) is 18.0 Å². The number of non-ortho nitro benzene ring substituents is 1. The SMILES string of the molecule is C[C@H]1Cc2ccccc2C[N@+]1(C)CC(=O)c1cccc([N+](=O)[O-])c1. The van der Waals surface area contributed by atoms with Crippen LogP contribution in [0, 0.1) is 10.1 Å². The van der Waals surface area contributed by atoms with E-state index in [1.165, 1.54) is 23.3 Å². The zero-order chi connectivity index (χ0) is 17.3. The highest BCUT2D eigenvalue weighted by Gasteiger charge is 2.37. The van der Waals surface area contributed by atoms with Gasteiger partial charge in [-0.15, -0.1) is 0 Å². The van der Waals surface area contributed by atoms with E-state index in [0.717, 1.165) is 13.0 Å². The summed E-state index contributed by atoms with van der Waals surface area (Å²) in [6.07, 6.45) is 0.939. The van der Waals surface area contributed by atoms with Crippen molar-refractivity contribution in [2.75, 3.05) is 13.6 Å². The molecule has 0 fully saturated rings. The minimum Gasteiger partial charge on any atom is -0.313 e. The maximum atomic E-state index is 12.7. The molecule has 0 bridgehead atoms. The fourth-order valence-electron chi connectivity index (χ4n) is 3.42. The summed E-state index contributed by atoms with van der Waals surface area (Å²) in [4.78, 5) is 23.2. The number of nitrogens with zero attached hydrogens (tertiary/aromatic N) is 2. The van der Waals surface area contributed by atoms with Gasteiger partial charge in [0, 0.05) is 29.7 Å². The molecule has 5 heteroatoms. The molecule has 0 N–H and O–H groups in total. The average molecular weight is 325 g/mol. The molecule has 1 heterocycles. The van der Waals surface area contributed by atoms with Gasteiger partial charge in [-0.3, -0.25) is 14.9 Å². The van der Waals surface area contributed by atoms with Crippen LogP contribution in [0.1, 0.15) is 28.4 Å². The molecule has 5 nitrogen and oxygen atoms in total. The quantitative estimate of drug-likeness (QED) is 0.375. The third kappa shape index (κ3) is 3.08. The number of benzene rings is 2. The van der Waals surface area contributed by atoms with Crippen molar-refractivity contribution < 1.29 is 14.2 Å². The smallest absolute Gasteiger partial charge is 0.270 e. The van der Waals surface area contributed by atoms with Crippen LogP contribution in [-0.2, 0) is 13.0 Å². The Morgan fingerprint density at radius 2 is 1.92 bits per heavy atom. The second kappa shape index (κ2) is 6.17. The van der Waals surface area contributed by atoms with Gasteiger partial charge in [-0.2, -0.15) is 0 Å². The Labute approximate surface area is 141 Å². The van der Waals surface area contributed by atoms with E-state index in [2.05, 4.69) is 32.2 Å². The zero-order valence-corrected chi connectivity index (χ0v) is 13.9. The molecule has 0 amide bonds. The molecule has 24 heavy (non-hydrogen) atoms. The Balaban J connectivity index is 1.83. The van der Waals surface area contributed by atoms with Crippen LogP contribution in [0.25, 0.3) is 0 Å². The fraction of sp³-hybridized carbons (Fsp3) is 0.316. The van der Waals surface area contributed by atoms with E-state index in [9.17, 15) is 14.9 Å². The van der Waals surface area contributed by atoms with Crippen LogP contribution < -0.4 is 0 Å². The summed E-state index contributed by atoms with van der Waals surface area (Å²) >= 11 is 0. The van der Waals surface area contributed by atoms with Gasteiger partial charge >= 0.3 is 0 Å². The van der Waals surface area contributed by atoms with Crippen LogP contribution in [0.2, 0.25) is 0 Å². The second-order valence-corrected chi connectivity index (χ2v) is 6.85. The molecule has 0 saturated heterocycles.